The van der Waals surface area contributed by atoms with Gasteiger partial charge in [0.05, 0.1) is 22.4 Å². The van der Waals surface area contributed by atoms with Crippen LogP contribution < -0.4 is 10.0 Å². The normalized spacial score (nSPS) is 34.4. The molecule has 0 spiro atoms. The minimum absolute atomic E-state index is 0.00860. The van der Waals surface area contributed by atoms with E-state index in [9.17, 15) is 22.8 Å². The topological polar surface area (TPSA) is 118 Å². The van der Waals surface area contributed by atoms with E-state index in [2.05, 4.69) is 0 Å². The van der Waals surface area contributed by atoms with Crippen molar-refractivity contribution in [3.63, 3.8) is 0 Å². The van der Waals surface area contributed by atoms with E-state index in [4.69, 9.17) is 5.14 Å². The maximum absolute atomic E-state index is 14.5. The van der Waals surface area contributed by atoms with Crippen molar-refractivity contribution < 1.29 is 22.8 Å². The zero-order chi connectivity index (χ0) is 25.2. The van der Waals surface area contributed by atoms with Crippen LogP contribution in [0.3, 0.4) is 0 Å². The van der Waals surface area contributed by atoms with Crippen molar-refractivity contribution in [3.05, 3.63) is 24.3 Å². The number of amides is 3. The molecule has 5 aliphatic carbocycles. The summed E-state index contributed by atoms with van der Waals surface area (Å²) in [7, 11) is -3.88. The highest BCUT2D eigenvalue weighted by Crippen LogP contribution is 2.61. The molecule has 0 aromatic heterocycles. The van der Waals surface area contributed by atoms with E-state index in [0.29, 0.717) is 23.4 Å². The standard InChI is InChI=1S/C27H35N3O5S/c28-36(34,35)22-8-6-21(7-9-22)30-24(31)13-23(25(30)32)29(20-4-2-1-3-5-20)26(33)27-14-17-10-18(15-27)12-19(11-17)16-27/h6-9,17-20,23H,1-5,10-16H2,(H2,28,34,35). The van der Waals surface area contributed by atoms with Crippen molar-refractivity contribution >= 4 is 33.4 Å². The van der Waals surface area contributed by atoms with Crippen LogP contribution in [0.4, 0.5) is 5.69 Å². The molecule has 1 atom stereocenters. The van der Waals surface area contributed by atoms with E-state index in [1.165, 1.54) is 43.5 Å². The second-order valence-corrected chi connectivity index (χ2v) is 13.6. The molecule has 1 saturated heterocycles. The van der Waals surface area contributed by atoms with Crippen molar-refractivity contribution in [1.29, 1.82) is 0 Å². The van der Waals surface area contributed by atoms with E-state index in [1.807, 2.05) is 4.90 Å². The largest absolute Gasteiger partial charge is 0.327 e. The molecule has 1 aromatic rings. The highest BCUT2D eigenvalue weighted by molar-refractivity contribution is 7.89. The van der Waals surface area contributed by atoms with Gasteiger partial charge in [-0.15, -0.1) is 0 Å². The van der Waals surface area contributed by atoms with Gasteiger partial charge < -0.3 is 4.90 Å². The second-order valence-electron chi connectivity index (χ2n) is 12.0. The number of carbonyl (C=O) groups is 3. The van der Waals surface area contributed by atoms with Gasteiger partial charge in [0.2, 0.25) is 21.8 Å². The zero-order valence-electron chi connectivity index (χ0n) is 20.6. The van der Waals surface area contributed by atoms with Crippen molar-refractivity contribution in [1.82, 2.24) is 4.90 Å². The maximum Gasteiger partial charge on any atom is 0.257 e. The lowest BCUT2D eigenvalue weighted by Crippen LogP contribution is -2.60. The fourth-order valence-corrected chi connectivity index (χ4v) is 8.97. The van der Waals surface area contributed by atoms with Crippen LogP contribution in [0.5, 0.6) is 0 Å². The summed E-state index contributed by atoms with van der Waals surface area (Å²) in [5, 5.41) is 5.20. The summed E-state index contributed by atoms with van der Waals surface area (Å²) in [5.74, 6) is 1.22. The number of nitrogens with zero attached hydrogens (tertiary/aromatic N) is 2. The minimum atomic E-state index is -3.88. The molecule has 5 saturated carbocycles. The predicted molar refractivity (Wildman–Crippen MR) is 133 cm³/mol. The van der Waals surface area contributed by atoms with Gasteiger partial charge in [0, 0.05) is 6.04 Å². The lowest BCUT2D eigenvalue weighted by molar-refractivity contribution is -0.165. The first-order valence-electron chi connectivity index (χ1n) is 13.5. The maximum atomic E-state index is 14.5. The molecule has 1 aliphatic heterocycles. The van der Waals surface area contributed by atoms with Crippen molar-refractivity contribution in [2.75, 3.05) is 4.90 Å². The Bertz CT molecular complexity index is 1150. The number of benzene rings is 1. The Morgan fingerprint density at radius 3 is 2.00 bits per heavy atom. The number of imide groups is 1. The number of primary sulfonamides is 1. The van der Waals surface area contributed by atoms with E-state index in [-0.39, 0.29) is 40.5 Å². The van der Waals surface area contributed by atoms with Crippen LogP contribution in [-0.2, 0) is 24.4 Å². The average Bonchev–Trinajstić information content (AvgIpc) is 3.12. The zero-order valence-corrected chi connectivity index (χ0v) is 21.4. The second kappa shape index (κ2) is 8.65. The Hall–Kier alpha value is -2.26. The molecule has 1 unspecified atom stereocenters. The van der Waals surface area contributed by atoms with Gasteiger partial charge in [0.15, 0.2) is 0 Å². The molecule has 2 N–H and O–H groups in total. The van der Waals surface area contributed by atoms with Crippen LogP contribution in [0.2, 0.25) is 0 Å². The SMILES string of the molecule is NS(=O)(=O)c1ccc(N2C(=O)CC(N(C(=O)C34CC5CC(CC(C5)C3)C4)C3CCCCC3)C2=O)cc1. The van der Waals surface area contributed by atoms with E-state index in [0.717, 1.165) is 56.3 Å². The van der Waals surface area contributed by atoms with Crippen LogP contribution in [-0.4, -0.2) is 43.1 Å². The third kappa shape index (κ3) is 3.99. The Kier molecular flexibility index (Phi) is 5.79. The molecule has 36 heavy (non-hydrogen) atoms. The predicted octanol–water partition coefficient (Wildman–Crippen LogP) is 3.34. The first-order chi connectivity index (χ1) is 17.1. The lowest BCUT2D eigenvalue weighted by atomic mass is 9.49. The number of hydrogen-bond donors (Lipinski definition) is 1. The van der Waals surface area contributed by atoms with Gasteiger partial charge >= 0.3 is 0 Å². The van der Waals surface area contributed by atoms with Crippen molar-refractivity contribution in [3.8, 4) is 0 Å². The van der Waals surface area contributed by atoms with Gasteiger partial charge in [-0.3, -0.25) is 14.4 Å². The number of anilines is 1. The summed E-state index contributed by atoms with van der Waals surface area (Å²) in [5.41, 5.74) is -0.0640. The molecule has 9 heteroatoms. The van der Waals surface area contributed by atoms with Crippen LogP contribution >= 0.6 is 0 Å². The molecule has 3 amide bonds. The number of carbonyl (C=O) groups excluding carboxylic acids is 3. The summed E-state index contributed by atoms with van der Waals surface area (Å²) in [6, 6.07) is 4.67. The van der Waals surface area contributed by atoms with Crippen LogP contribution in [0.1, 0.15) is 77.0 Å². The van der Waals surface area contributed by atoms with E-state index >= 15 is 0 Å². The summed E-state index contributed by atoms with van der Waals surface area (Å²) >= 11 is 0. The summed E-state index contributed by atoms with van der Waals surface area (Å²) < 4.78 is 23.3. The van der Waals surface area contributed by atoms with E-state index < -0.39 is 16.1 Å². The van der Waals surface area contributed by atoms with Crippen LogP contribution in [0, 0.1) is 23.2 Å². The van der Waals surface area contributed by atoms with Gasteiger partial charge in [0.25, 0.3) is 5.91 Å². The fourth-order valence-electron chi connectivity index (χ4n) is 8.46. The van der Waals surface area contributed by atoms with Gasteiger partial charge in [-0.25, -0.2) is 18.5 Å². The summed E-state index contributed by atoms with van der Waals surface area (Å²) in [4.78, 5) is 44.3. The molecular weight excluding hydrogens is 478 g/mol. The minimum Gasteiger partial charge on any atom is -0.327 e. The van der Waals surface area contributed by atoms with Crippen LogP contribution in [0.15, 0.2) is 29.2 Å². The number of rotatable bonds is 5. The first kappa shape index (κ1) is 24.1. The third-order valence-electron chi connectivity index (χ3n) is 9.58. The number of nitrogens with two attached hydrogens (primary N) is 1. The highest BCUT2D eigenvalue weighted by atomic mass is 32.2. The number of hydrogen-bond acceptors (Lipinski definition) is 5. The molecule has 1 aromatic carbocycles. The Morgan fingerprint density at radius 2 is 1.47 bits per heavy atom. The molecule has 6 fully saturated rings. The molecule has 7 rings (SSSR count). The molecule has 8 nitrogen and oxygen atoms in total. The molecule has 6 aliphatic rings. The molecule has 0 radical (unpaired) electrons. The Balaban J connectivity index is 1.32. The molecular formula is C27H35N3O5S. The highest BCUT2D eigenvalue weighted by Gasteiger charge is 2.58. The fraction of sp³-hybridized carbons (Fsp3) is 0.667. The van der Waals surface area contributed by atoms with Crippen molar-refractivity contribution in [2.45, 2.75) is 94.0 Å². The summed E-state index contributed by atoms with van der Waals surface area (Å²) in [6.45, 7) is 0. The number of sulfonamides is 1. The third-order valence-corrected chi connectivity index (χ3v) is 10.5. The van der Waals surface area contributed by atoms with E-state index in [1.54, 1.807) is 0 Å². The smallest absolute Gasteiger partial charge is 0.257 e. The summed E-state index contributed by atoms with van der Waals surface area (Å²) in [6.07, 6.45) is 11.4. The lowest BCUT2D eigenvalue weighted by Gasteiger charge is -2.57. The van der Waals surface area contributed by atoms with Gasteiger partial charge in [-0.05, 0) is 93.4 Å². The Morgan fingerprint density at radius 1 is 0.917 bits per heavy atom. The molecule has 194 valence electrons. The van der Waals surface area contributed by atoms with Gasteiger partial charge in [-0.2, -0.15) is 0 Å². The first-order valence-corrected chi connectivity index (χ1v) is 15.0. The van der Waals surface area contributed by atoms with Crippen molar-refractivity contribution in [2.24, 2.45) is 28.3 Å². The Labute approximate surface area is 212 Å². The monoisotopic (exact) mass is 513 g/mol. The van der Waals surface area contributed by atoms with Crippen LogP contribution in [0.25, 0.3) is 0 Å². The van der Waals surface area contributed by atoms with Gasteiger partial charge in [-0.1, -0.05) is 19.3 Å². The molecule has 1 heterocycles. The van der Waals surface area contributed by atoms with Gasteiger partial charge in [0.1, 0.15) is 6.04 Å². The average molecular weight is 514 g/mol. The quantitative estimate of drug-likeness (QED) is 0.606. The molecule has 4 bridgehead atoms.